The number of aromatic nitrogens is 3. The molecule has 0 aromatic carbocycles. The van der Waals surface area contributed by atoms with Crippen molar-refractivity contribution < 1.29 is 4.42 Å². The topological polar surface area (TPSA) is 54.7 Å². The standard InChI is InChI=1S/C6H5N3.C4H4O/c1-2-5-6(7-3-1)9-4-8-5;1-2-4-5-3-1/h1-4H,(H,7,8,9);1-4H. The number of fused-ring (bicyclic) bond motifs is 1. The lowest BCUT2D eigenvalue weighted by Gasteiger charge is -1.80. The van der Waals surface area contributed by atoms with Crippen molar-refractivity contribution in [3.63, 3.8) is 0 Å². The Morgan fingerprint density at radius 3 is 2.57 bits per heavy atom. The smallest absolute Gasteiger partial charge is 0.177 e. The van der Waals surface area contributed by atoms with Crippen LogP contribution < -0.4 is 0 Å². The van der Waals surface area contributed by atoms with Gasteiger partial charge in [0.1, 0.15) is 0 Å². The molecular weight excluding hydrogens is 178 g/mol. The van der Waals surface area contributed by atoms with Gasteiger partial charge in [-0.3, -0.25) is 0 Å². The number of pyridine rings is 1. The molecule has 0 aliphatic rings. The Morgan fingerprint density at radius 2 is 1.93 bits per heavy atom. The predicted molar refractivity (Wildman–Crippen MR) is 52.6 cm³/mol. The van der Waals surface area contributed by atoms with Gasteiger partial charge in [-0.1, -0.05) is 0 Å². The van der Waals surface area contributed by atoms with Crippen molar-refractivity contribution >= 4 is 11.2 Å². The minimum Gasteiger partial charge on any atom is -0.473 e. The first-order valence-electron chi connectivity index (χ1n) is 4.18. The SMILES string of the molecule is c1ccoc1.c1cnc2nc[nH]c2c1. The van der Waals surface area contributed by atoms with Crippen LogP contribution in [0.2, 0.25) is 0 Å². The van der Waals surface area contributed by atoms with E-state index in [1.54, 1.807) is 25.1 Å². The van der Waals surface area contributed by atoms with Crippen molar-refractivity contribution in [3.05, 3.63) is 49.3 Å². The largest absolute Gasteiger partial charge is 0.473 e. The number of nitrogens with one attached hydrogen (secondary N) is 1. The van der Waals surface area contributed by atoms with Gasteiger partial charge in [-0.2, -0.15) is 0 Å². The maximum absolute atomic E-state index is 4.58. The van der Waals surface area contributed by atoms with E-state index in [0.29, 0.717) is 0 Å². The van der Waals surface area contributed by atoms with Crippen molar-refractivity contribution in [2.24, 2.45) is 0 Å². The zero-order valence-corrected chi connectivity index (χ0v) is 7.42. The van der Waals surface area contributed by atoms with Gasteiger partial charge in [0.15, 0.2) is 5.65 Å². The molecule has 3 rings (SSSR count). The molecular formula is C10H9N3O. The van der Waals surface area contributed by atoms with E-state index in [9.17, 15) is 0 Å². The molecule has 0 radical (unpaired) electrons. The first-order chi connectivity index (χ1) is 6.97. The van der Waals surface area contributed by atoms with E-state index in [-0.39, 0.29) is 0 Å². The van der Waals surface area contributed by atoms with Gasteiger partial charge in [0, 0.05) is 6.20 Å². The van der Waals surface area contributed by atoms with Crippen LogP contribution in [0.15, 0.2) is 53.7 Å². The fourth-order valence-electron chi connectivity index (χ4n) is 1.00. The summed E-state index contributed by atoms with van der Waals surface area (Å²) in [6.07, 6.45) is 6.61. The van der Waals surface area contributed by atoms with Gasteiger partial charge in [-0.05, 0) is 24.3 Å². The molecule has 1 N–H and O–H groups in total. The average molecular weight is 187 g/mol. The van der Waals surface area contributed by atoms with E-state index in [2.05, 4.69) is 19.4 Å². The number of nitrogens with zero attached hydrogens (tertiary/aromatic N) is 2. The quantitative estimate of drug-likeness (QED) is 0.587. The molecule has 0 aliphatic heterocycles. The highest BCUT2D eigenvalue weighted by atomic mass is 16.3. The van der Waals surface area contributed by atoms with E-state index in [0.717, 1.165) is 11.2 Å². The summed E-state index contributed by atoms with van der Waals surface area (Å²) < 4.78 is 4.58. The summed E-state index contributed by atoms with van der Waals surface area (Å²) in [5.41, 5.74) is 1.76. The summed E-state index contributed by atoms with van der Waals surface area (Å²) in [6, 6.07) is 7.48. The van der Waals surface area contributed by atoms with E-state index in [4.69, 9.17) is 0 Å². The van der Waals surface area contributed by atoms with Gasteiger partial charge in [0.25, 0.3) is 0 Å². The second-order valence-corrected chi connectivity index (χ2v) is 2.57. The number of H-pyrrole nitrogens is 1. The Morgan fingerprint density at radius 1 is 1.07 bits per heavy atom. The minimum atomic E-state index is 0.775. The molecule has 0 amide bonds. The van der Waals surface area contributed by atoms with Crippen LogP contribution in [0.25, 0.3) is 11.2 Å². The van der Waals surface area contributed by atoms with Crippen molar-refractivity contribution in [3.8, 4) is 0 Å². The minimum absolute atomic E-state index is 0.775. The number of furan rings is 1. The van der Waals surface area contributed by atoms with Crippen LogP contribution in [-0.2, 0) is 0 Å². The predicted octanol–water partition coefficient (Wildman–Crippen LogP) is 2.24. The maximum atomic E-state index is 4.58. The highest BCUT2D eigenvalue weighted by Crippen LogP contribution is 2.01. The summed E-state index contributed by atoms with van der Waals surface area (Å²) >= 11 is 0. The second-order valence-electron chi connectivity index (χ2n) is 2.57. The Hall–Kier alpha value is -2.10. The average Bonchev–Trinajstić information content (AvgIpc) is 2.92. The van der Waals surface area contributed by atoms with Gasteiger partial charge < -0.3 is 9.40 Å². The Bertz CT molecular complexity index is 425. The molecule has 70 valence electrons. The summed E-state index contributed by atoms with van der Waals surface area (Å²) in [5.74, 6) is 0. The molecule has 14 heavy (non-hydrogen) atoms. The number of hydrogen-bond acceptors (Lipinski definition) is 3. The molecule has 0 saturated heterocycles. The molecule has 3 aromatic heterocycles. The molecule has 0 saturated carbocycles. The third-order valence-corrected chi connectivity index (χ3v) is 1.62. The lowest BCUT2D eigenvalue weighted by molar-refractivity contribution is 0.567. The highest BCUT2D eigenvalue weighted by molar-refractivity contribution is 5.68. The third kappa shape index (κ3) is 1.98. The summed E-state index contributed by atoms with van der Waals surface area (Å²) in [4.78, 5) is 10.9. The van der Waals surface area contributed by atoms with Gasteiger partial charge >= 0.3 is 0 Å². The first-order valence-corrected chi connectivity index (χ1v) is 4.18. The molecule has 0 spiro atoms. The second kappa shape index (κ2) is 4.23. The monoisotopic (exact) mass is 187 g/mol. The normalized spacial score (nSPS) is 9.43. The van der Waals surface area contributed by atoms with Crippen molar-refractivity contribution in [1.29, 1.82) is 0 Å². The lowest BCUT2D eigenvalue weighted by Crippen LogP contribution is -1.71. The van der Waals surface area contributed by atoms with Gasteiger partial charge in [0.05, 0.1) is 24.4 Å². The van der Waals surface area contributed by atoms with E-state index in [1.165, 1.54) is 0 Å². The van der Waals surface area contributed by atoms with Crippen molar-refractivity contribution in [2.75, 3.05) is 0 Å². The highest BCUT2D eigenvalue weighted by Gasteiger charge is 1.90. The van der Waals surface area contributed by atoms with Gasteiger partial charge in [0.2, 0.25) is 0 Å². The van der Waals surface area contributed by atoms with Gasteiger partial charge in [-0.15, -0.1) is 0 Å². The zero-order chi connectivity index (χ0) is 9.64. The van der Waals surface area contributed by atoms with Crippen molar-refractivity contribution in [1.82, 2.24) is 15.0 Å². The molecule has 0 aliphatic carbocycles. The van der Waals surface area contributed by atoms with Crippen LogP contribution in [0.4, 0.5) is 0 Å². The van der Waals surface area contributed by atoms with E-state index < -0.39 is 0 Å². The molecule has 4 nitrogen and oxygen atoms in total. The zero-order valence-electron chi connectivity index (χ0n) is 7.42. The van der Waals surface area contributed by atoms with E-state index >= 15 is 0 Å². The first kappa shape index (κ1) is 8.50. The fourth-order valence-corrected chi connectivity index (χ4v) is 1.00. The lowest BCUT2D eigenvalue weighted by atomic mass is 10.4. The summed E-state index contributed by atoms with van der Waals surface area (Å²) in [5, 5.41) is 0. The van der Waals surface area contributed by atoms with Crippen molar-refractivity contribution in [2.45, 2.75) is 0 Å². The molecule has 0 atom stereocenters. The Labute approximate surface area is 80.6 Å². The van der Waals surface area contributed by atoms with Crippen LogP contribution in [0, 0.1) is 0 Å². The maximum Gasteiger partial charge on any atom is 0.177 e. The van der Waals surface area contributed by atoms with E-state index in [1.807, 2.05) is 24.3 Å². The van der Waals surface area contributed by atoms with Crippen LogP contribution in [0.5, 0.6) is 0 Å². The Balaban J connectivity index is 0.000000128. The van der Waals surface area contributed by atoms with Crippen LogP contribution in [0.3, 0.4) is 0 Å². The van der Waals surface area contributed by atoms with Gasteiger partial charge in [-0.25, -0.2) is 9.97 Å². The summed E-state index contributed by atoms with van der Waals surface area (Å²) in [7, 11) is 0. The Kier molecular flexibility index (Phi) is 2.56. The number of aromatic amines is 1. The van der Waals surface area contributed by atoms with Crippen LogP contribution in [-0.4, -0.2) is 15.0 Å². The number of hydrogen-bond donors (Lipinski definition) is 1. The number of imidazole rings is 1. The summed E-state index contributed by atoms with van der Waals surface area (Å²) in [6.45, 7) is 0. The molecule has 4 heteroatoms. The molecule has 0 bridgehead atoms. The third-order valence-electron chi connectivity index (χ3n) is 1.62. The molecule has 3 aromatic rings. The molecule has 0 fully saturated rings. The molecule has 0 unspecified atom stereocenters. The molecule has 3 heterocycles. The van der Waals surface area contributed by atoms with Crippen LogP contribution >= 0.6 is 0 Å². The van der Waals surface area contributed by atoms with Crippen LogP contribution in [0.1, 0.15) is 0 Å². The number of rotatable bonds is 0. The fraction of sp³-hybridized carbons (Fsp3) is 0.